The number of rotatable bonds is 2. The van der Waals surface area contributed by atoms with Crippen LogP contribution in [0.25, 0.3) is 0 Å². The number of piperidine rings is 1. The van der Waals surface area contributed by atoms with E-state index < -0.39 is 0 Å². The lowest BCUT2D eigenvalue weighted by Crippen LogP contribution is -2.42. The van der Waals surface area contributed by atoms with Gasteiger partial charge in [-0.05, 0) is 50.3 Å². The minimum absolute atomic E-state index is 0.174. The Kier molecular flexibility index (Phi) is 4.13. The topological polar surface area (TPSA) is 44.1 Å². The van der Waals surface area contributed by atoms with E-state index in [1.54, 1.807) is 0 Å². The largest absolute Gasteiger partial charge is 0.342 e. The van der Waals surface area contributed by atoms with Gasteiger partial charge in [-0.2, -0.15) is 5.26 Å². The fourth-order valence-electron chi connectivity index (χ4n) is 2.56. The lowest BCUT2D eigenvalue weighted by atomic mass is 9.82. The highest BCUT2D eigenvalue weighted by Crippen LogP contribution is 2.30. The highest BCUT2D eigenvalue weighted by atomic mass is 16.2. The number of nitrogens with zero attached hydrogens (tertiary/aromatic N) is 2. The van der Waals surface area contributed by atoms with E-state index >= 15 is 0 Å². The Bertz CT molecular complexity index is 549. The average molecular weight is 270 g/mol. The normalized spacial score (nSPS) is 17.6. The van der Waals surface area contributed by atoms with E-state index in [1.807, 2.05) is 17.9 Å². The van der Waals surface area contributed by atoms with Crippen LogP contribution < -0.4 is 0 Å². The number of carbonyl (C=O) groups is 1. The molecule has 1 heterocycles. The van der Waals surface area contributed by atoms with Crippen LogP contribution in [-0.2, 0) is 11.2 Å². The number of aryl methyl sites for hydroxylation is 2. The molecule has 1 fully saturated rings. The average Bonchev–Trinajstić information content (AvgIpc) is 2.43. The van der Waals surface area contributed by atoms with E-state index in [2.05, 4.69) is 32.0 Å². The van der Waals surface area contributed by atoms with Crippen LogP contribution in [0.2, 0.25) is 0 Å². The molecule has 0 saturated carbocycles. The van der Waals surface area contributed by atoms with E-state index in [0.29, 0.717) is 19.5 Å². The second-order valence-electron chi connectivity index (χ2n) is 6.15. The number of benzene rings is 1. The van der Waals surface area contributed by atoms with Gasteiger partial charge in [-0.1, -0.05) is 18.2 Å². The molecule has 1 saturated heterocycles. The van der Waals surface area contributed by atoms with E-state index in [4.69, 9.17) is 5.26 Å². The molecule has 1 aliphatic heterocycles. The van der Waals surface area contributed by atoms with Crippen molar-refractivity contribution in [2.75, 3.05) is 13.1 Å². The summed E-state index contributed by atoms with van der Waals surface area (Å²) in [5.41, 5.74) is 3.30. The van der Waals surface area contributed by atoms with E-state index in [0.717, 1.165) is 18.4 Å². The fraction of sp³-hybridized carbons (Fsp3) is 0.529. The van der Waals surface area contributed by atoms with Gasteiger partial charge in [0.25, 0.3) is 0 Å². The van der Waals surface area contributed by atoms with Crippen LogP contribution >= 0.6 is 0 Å². The maximum Gasteiger partial charge on any atom is 0.226 e. The first-order valence-electron chi connectivity index (χ1n) is 7.19. The van der Waals surface area contributed by atoms with Crippen LogP contribution in [0, 0.1) is 30.6 Å². The maximum atomic E-state index is 12.3. The molecule has 106 valence electrons. The zero-order valence-corrected chi connectivity index (χ0v) is 12.6. The summed E-state index contributed by atoms with van der Waals surface area (Å²) in [4.78, 5) is 14.2. The van der Waals surface area contributed by atoms with E-state index in [1.165, 1.54) is 11.1 Å². The Morgan fingerprint density at radius 2 is 1.95 bits per heavy atom. The van der Waals surface area contributed by atoms with Crippen LogP contribution in [0.15, 0.2) is 18.2 Å². The van der Waals surface area contributed by atoms with Gasteiger partial charge in [0.2, 0.25) is 5.91 Å². The van der Waals surface area contributed by atoms with Crippen molar-refractivity contribution in [3.63, 3.8) is 0 Å². The predicted molar refractivity (Wildman–Crippen MR) is 79.2 cm³/mol. The van der Waals surface area contributed by atoms with Crippen molar-refractivity contribution in [1.29, 1.82) is 5.26 Å². The molecule has 0 aromatic heterocycles. The third kappa shape index (κ3) is 3.19. The molecule has 3 nitrogen and oxygen atoms in total. The maximum absolute atomic E-state index is 12.3. The molecule has 0 N–H and O–H groups in total. The predicted octanol–water partition coefficient (Wildman–Crippen LogP) is 3.00. The number of carbonyl (C=O) groups excluding carboxylic acids is 1. The molecule has 0 bridgehead atoms. The van der Waals surface area contributed by atoms with E-state index in [9.17, 15) is 4.79 Å². The Labute approximate surface area is 121 Å². The monoisotopic (exact) mass is 270 g/mol. The fourth-order valence-corrected chi connectivity index (χ4v) is 2.56. The summed E-state index contributed by atoms with van der Waals surface area (Å²) in [5, 5.41) is 9.11. The molecule has 0 atom stereocenters. The van der Waals surface area contributed by atoms with Crippen molar-refractivity contribution in [2.24, 2.45) is 5.41 Å². The first-order valence-corrected chi connectivity index (χ1v) is 7.19. The summed E-state index contributed by atoms with van der Waals surface area (Å²) in [5.74, 6) is 0.174. The van der Waals surface area contributed by atoms with Crippen molar-refractivity contribution >= 4 is 5.91 Å². The van der Waals surface area contributed by atoms with Crippen LogP contribution in [0.1, 0.15) is 36.5 Å². The first-order chi connectivity index (χ1) is 9.43. The van der Waals surface area contributed by atoms with Gasteiger partial charge in [-0.15, -0.1) is 0 Å². The smallest absolute Gasteiger partial charge is 0.226 e. The third-order valence-corrected chi connectivity index (χ3v) is 4.42. The van der Waals surface area contributed by atoms with Gasteiger partial charge in [0.05, 0.1) is 17.9 Å². The molecular weight excluding hydrogens is 248 g/mol. The van der Waals surface area contributed by atoms with Crippen LogP contribution in [-0.4, -0.2) is 23.9 Å². The number of hydrogen-bond donors (Lipinski definition) is 0. The molecule has 1 aliphatic rings. The number of amides is 1. The minimum Gasteiger partial charge on any atom is -0.342 e. The Morgan fingerprint density at radius 3 is 2.50 bits per heavy atom. The van der Waals surface area contributed by atoms with Crippen LogP contribution in [0.5, 0.6) is 0 Å². The Hall–Kier alpha value is -1.82. The van der Waals surface area contributed by atoms with Gasteiger partial charge < -0.3 is 4.90 Å². The van der Waals surface area contributed by atoms with Crippen molar-refractivity contribution in [3.05, 3.63) is 34.9 Å². The lowest BCUT2D eigenvalue weighted by Gasteiger charge is -2.35. The summed E-state index contributed by atoms with van der Waals surface area (Å²) < 4.78 is 0. The summed E-state index contributed by atoms with van der Waals surface area (Å²) in [6, 6.07) is 8.56. The molecule has 0 unspecified atom stereocenters. The molecule has 1 aromatic rings. The highest BCUT2D eigenvalue weighted by Gasteiger charge is 2.31. The molecule has 0 radical (unpaired) electrons. The van der Waals surface area contributed by atoms with Gasteiger partial charge in [-0.25, -0.2) is 0 Å². The standard InChI is InChI=1S/C17H22N2O/c1-13-4-5-15(10-14(13)2)11-16(20)19-8-6-17(3,12-18)7-9-19/h4-5,10H,6-9,11H2,1-3H3. The highest BCUT2D eigenvalue weighted by molar-refractivity contribution is 5.79. The van der Waals surface area contributed by atoms with Gasteiger partial charge in [-0.3, -0.25) is 4.79 Å². The molecule has 0 aliphatic carbocycles. The van der Waals surface area contributed by atoms with Crippen molar-refractivity contribution in [3.8, 4) is 6.07 Å². The van der Waals surface area contributed by atoms with Gasteiger partial charge in [0, 0.05) is 13.1 Å². The zero-order valence-electron chi connectivity index (χ0n) is 12.6. The lowest BCUT2D eigenvalue weighted by molar-refractivity contribution is -0.132. The third-order valence-electron chi connectivity index (χ3n) is 4.42. The number of likely N-dealkylation sites (tertiary alicyclic amines) is 1. The SMILES string of the molecule is Cc1ccc(CC(=O)N2CCC(C)(C#N)CC2)cc1C. The van der Waals surface area contributed by atoms with E-state index in [-0.39, 0.29) is 11.3 Å². The van der Waals surface area contributed by atoms with Gasteiger partial charge in [0.15, 0.2) is 0 Å². The molecule has 20 heavy (non-hydrogen) atoms. The molecule has 1 aromatic carbocycles. The summed E-state index contributed by atoms with van der Waals surface area (Å²) in [6.07, 6.45) is 2.02. The molecule has 0 spiro atoms. The Balaban J connectivity index is 1.96. The van der Waals surface area contributed by atoms with Crippen LogP contribution in [0.3, 0.4) is 0 Å². The summed E-state index contributed by atoms with van der Waals surface area (Å²) >= 11 is 0. The van der Waals surface area contributed by atoms with Crippen molar-refractivity contribution in [2.45, 2.75) is 40.0 Å². The summed E-state index contributed by atoms with van der Waals surface area (Å²) in [6.45, 7) is 7.54. The second-order valence-corrected chi connectivity index (χ2v) is 6.15. The van der Waals surface area contributed by atoms with Crippen LogP contribution in [0.4, 0.5) is 0 Å². The zero-order chi connectivity index (χ0) is 14.8. The molecule has 2 rings (SSSR count). The quantitative estimate of drug-likeness (QED) is 0.829. The van der Waals surface area contributed by atoms with Gasteiger partial charge in [0.1, 0.15) is 0 Å². The second kappa shape index (κ2) is 5.66. The van der Waals surface area contributed by atoms with Crippen molar-refractivity contribution < 1.29 is 4.79 Å². The number of hydrogen-bond acceptors (Lipinski definition) is 2. The first kappa shape index (κ1) is 14.6. The molecular formula is C17H22N2O. The Morgan fingerprint density at radius 1 is 1.30 bits per heavy atom. The van der Waals surface area contributed by atoms with Gasteiger partial charge >= 0.3 is 0 Å². The summed E-state index contributed by atoms with van der Waals surface area (Å²) in [7, 11) is 0. The molecule has 1 amide bonds. The number of nitriles is 1. The minimum atomic E-state index is -0.253. The van der Waals surface area contributed by atoms with Crippen molar-refractivity contribution in [1.82, 2.24) is 4.90 Å². The molecule has 3 heteroatoms.